The van der Waals surface area contributed by atoms with Gasteiger partial charge in [-0.1, -0.05) is 0 Å². The summed E-state index contributed by atoms with van der Waals surface area (Å²) in [5.41, 5.74) is 0.375. The maximum atomic E-state index is 12.1. The van der Waals surface area contributed by atoms with E-state index in [1.165, 1.54) is 6.07 Å². The standard InChI is InChI=1S/C12H12BrF3O3/c13-8-5-7(9(17)1-2-12(14,15)16)6-10-11(8)19-4-3-18-10/h5-6,9,17H,1-4H2. The molecule has 3 nitrogen and oxygen atoms in total. The summed E-state index contributed by atoms with van der Waals surface area (Å²) in [4.78, 5) is 0. The third-order valence-corrected chi connectivity index (χ3v) is 3.29. The predicted molar refractivity (Wildman–Crippen MR) is 65.4 cm³/mol. The lowest BCUT2D eigenvalue weighted by molar-refractivity contribution is -0.140. The summed E-state index contributed by atoms with van der Waals surface area (Å²) in [6.45, 7) is 0.795. The van der Waals surface area contributed by atoms with Crippen LogP contribution in [0.3, 0.4) is 0 Å². The predicted octanol–water partition coefficient (Wildman–Crippen LogP) is 3.60. The van der Waals surface area contributed by atoms with Crippen molar-refractivity contribution < 1.29 is 27.8 Å². The molecule has 0 fully saturated rings. The van der Waals surface area contributed by atoms with E-state index in [9.17, 15) is 18.3 Å². The molecule has 1 heterocycles. The minimum Gasteiger partial charge on any atom is -0.486 e. The topological polar surface area (TPSA) is 38.7 Å². The van der Waals surface area contributed by atoms with E-state index in [2.05, 4.69) is 15.9 Å². The van der Waals surface area contributed by atoms with Gasteiger partial charge in [0.1, 0.15) is 13.2 Å². The minimum absolute atomic E-state index is 0.375. The Hall–Kier alpha value is -0.950. The van der Waals surface area contributed by atoms with Crippen molar-refractivity contribution in [3.05, 3.63) is 22.2 Å². The summed E-state index contributed by atoms with van der Waals surface area (Å²) in [7, 11) is 0. The lowest BCUT2D eigenvalue weighted by Crippen LogP contribution is -2.16. The number of hydrogen-bond donors (Lipinski definition) is 1. The fourth-order valence-electron chi connectivity index (χ4n) is 1.79. The molecule has 1 aromatic carbocycles. The van der Waals surface area contributed by atoms with Crippen LogP contribution < -0.4 is 9.47 Å². The van der Waals surface area contributed by atoms with E-state index in [-0.39, 0.29) is 6.42 Å². The van der Waals surface area contributed by atoms with E-state index in [0.29, 0.717) is 34.7 Å². The highest BCUT2D eigenvalue weighted by molar-refractivity contribution is 9.10. The van der Waals surface area contributed by atoms with Gasteiger partial charge >= 0.3 is 6.18 Å². The Morgan fingerprint density at radius 2 is 1.95 bits per heavy atom. The van der Waals surface area contributed by atoms with Gasteiger partial charge in [-0.25, -0.2) is 0 Å². The zero-order chi connectivity index (χ0) is 14.0. The van der Waals surface area contributed by atoms with Gasteiger partial charge in [-0.3, -0.25) is 0 Å². The molecule has 0 saturated carbocycles. The van der Waals surface area contributed by atoms with Gasteiger partial charge in [-0.15, -0.1) is 0 Å². The number of rotatable bonds is 3. The summed E-state index contributed by atoms with van der Waals surface area (Å²) in [6.07, 6.45) is -6.87. The fourth-order valence-corrected chi connectivity index (χ4v) is 2.36. The lowest BCUT2D eigenvalue weighted by atomic mass is 10.0. The minimum atomic E-state index is -4.27. The largest absolute Gasteiger partial charge is 0.486 e. The summed E-state index contributed by atoms with van der Waals surface area (Å²) < 4.78 is 47.6. The average molecular weight is 341 g/mol. The Balaban J connectivity index is 2.14. The molecule has 1 aliphatic heterocycles. The van der Waals surface area contributed by atoms with E-state index in [1.54, 1.807) is 6.07 Å². The molecule has 0 amide bonds. The monoisotopic (exact) mass is 340 g/mol. The van der Waals surface area contributed by atoms with Crippen molar-refractivity contribution in [3.63, 3.8) is 0 Å². The third-order valence-electron chi connectivity index (χ3n) is 2.71. The molecular formula is C12H12BrF3O3. The molecule has 1 atom stereocenters. The number of benzene rings is 1. The van der Waals surface area contributed by atoms with Crippen molar-refractivity contribution in [3.8, 4) is 11.5 Å². The first kappa shape index (κ1) is 14.5. The molecule has 1 aromatic rings. The first-order valence-electron chi connectivity index (χ1n) is 5.70. The van der Waals surface area contributed by atoms with Gasteiger partial charge in [0, 0.05) is 6.42 Å². The van der Waals surface area contributed by atoms with Crippen LogP contribution in [-0.4, -0.2) is 24.5 Å². The highest BCUT2D eigenvalue weighted by atomic mass is 79.9. The molecule has 0 radical (unpaired) electrons. The molecule has 106 valence electrons. The van der Waals surface area contributed by atoms with Crippen LogP contribution in [0.5, 0.6) is 11.5 Å². The van der Waals surface area contributed by atoms with Crippen molar-refractivity contribution in [2.24, 2.45) is 0 Å². The molecule has 0 aliphatic carbocycles. The van der Waals surface area contributed by atoms with Gasteiger partial charge in [0.15, 0.2) is 11.5 Å². The quantitative estimate of drug-likeness (QED) is 0.913. The SMILES string of the molecule is OC(CCC(F)(F)F)c1cc(Br)c2c(c1)OCCO2. The number of alkyl halides is 3. The van der Waals surface area contributed by atoms with Crippen LogP contribution in [0.2, 0.25) is 0 Å². The third kappa shape index (κ3) is 3.76. The Morgan fingerprint density at radius 3 is 2.63 bits per heavy atom. The first-order chi connectivity index (χ1) is 8.87. The smallest absolute Gasteiger partial charge is 0.389 e. The number of fused-ring (bicyclic) bond motifs is 1. The molecule has 0 bridgehead atoms. The van der Waals surface area contributed by atoms with E-state index in [4.69, 9.17) is 9.47 Å². The van der Waals surface area contributed by atoms with Crippen LogP contribution in [0.1, 0.15) is 24.5 Å². The fraction of sp³-hybridized carbons (Fsp3) is 0.500. The molecule has 0 saturated heterocycles. The van der Waals surface area contributed by atoms with E-state index >= 15 is 0 Å². The molecule has 1 unspecified atom stereocenters. The van der Waals surface area contributed by atoms with Crippen molar-refractivity contribution in [1.82, 2.24) is 0 Å². The molecule has 2 rings (SSSR count). The Morgan fingerprint density at radius 1 is 1.26 bits per heavy atom. The van der Waals surface area contributed by atoms with Crippen LogP contribution in [0, 0.1) is 0 Å². The van der Waals surface area contributed by atoms with Crippen molar-refractivity contribution in [2.45, 2.75) is 25.1 Å². The Bertz CT molecular complexity index is 462. The number of aliphatic hydroxyl groups is 1. The number of halogens is 4. The van der Waals surface area contributed by atoms with Crippen LogP contribution >= 0.6 is 15.9 Å². The van der Waals surface area contributed by atoms with Gasteiger partial charge in [0.2, 0.25) is 0 Å². The van der Waals surface area contributed by atoms with Crippen molar-refractivity contribution in [1.29, 1.82) is 0 Å². The highest BCUT2D eigenvalue weighted by Crippen LogP contribution is 2.40. The van der Waals surface area contributed by atoms with E-state index in [1.807, 2.05) is 0 Å². The number of hydrogen-bond acceptors (Lipinski definition) is 3. The van der Waals surface area contributed by atoms with Crippen LogP contribution in [-0.2, 0) is 0 Å². The lowest BCUT2D eigenvalue weighted by Gasteiger charge is -2.22. The second-order valence-corrected chi connectivity index (χ2v) is 5.05. The van der Waals surface area contributed by atoms with Crippen molar-refractivity contribution >= 4 is 15.9 Å². The maximum absolute atomic E-state index is 12.1. The summed E-state index contributed by atoms with van der Waals surface area (Å²) in [6, 6.07) is 3.06. The molecule has 7 heteroatoms. The number of ether oxygens (including phenoxy) is 2. The summed E-state index contributed by atoms with van der Waals surface area (Å²) in [5.74, 6) is 0.944. The van der Waals surface area contributed by atoms with Crippen LogP contribution in [0.4, 0.5) is 13.2 Å². The molecule has 1 aliphatic rings. The van der Waals surface area contributed by atoms with E-state index < -0.39 is 18.7 Å². The normalized spacial score (nSPS) is 16.3. The van der Waals surface area contributed by atoms with Gasteiger partial charge in [-0.2, -0.15) is 13.2 Å². The summed E-state index contributed by atoms with van der Waals surface area (Å²) >= 11 is 3.25. The molecule has 0 spiro atoms. The molecule has 0 aromatic heterocycles. The number of aliphatic hydroxyl groups excluding tert-OH is 1. The highest BCUT2D eigenvalue weighted by Gasteiger charge is 2.29. The molecule has 1 N–H and O–H groups in total. The van der Waals surface area contributed by atoms with Crippen LogP contribution in [0.25, 0.3) is 0 Å². The van der Waals surface area contributed by atoms with Gasteiger partial charge < -0.3 is 14.6 Å². The average Bonchev–Trinajstić information content (AvgIpc) is 2.35. The first-order valence-corrected chi connectivity index (χ1v) is 6.50. The molecule has 19 heavy (non-hydrogen) atoms. The van der Waals surface area contributed by atoms with Gasteiger partial charge in [-0.05, 0) is 40.0 Å². The zero-order valence-corrected chi connectivity index (χ0v) is 11.4. The zero-order valence-electron chi connectivity index (χ0n) is 9.84. The second-order valence-electron chi connectivity index (χ2n) is 4.20. The van der Waals surface area contributed by atoms with E-state index in [0.717, 1.165) is 0 Å². The molecular weight excluding hydrogens is 329 g/mol. The Labute approximate surface area is 116 Å². The van der Waals surface area contributed by atoms with Crippen LogP contribution in [0.15, 0.2) is 16.6 Å². The van der Waals surface area contributed by atoms with Gasteiger partial charge in [0.05, 0.1) is 10.6 Å². The van der Waals surface area contributed by atoms with Crippen molar-refractivity contribution in [2.75, 3.05) is 13.2 Å². The second kappa shape index (κ2) is 5.58. The summed E-state index contributed by atoms with van der Waals surface area (Å²) in [5, 5.41) is 9.79. The Kier molecular flexibility index (Phi) is 4.25. The maximum Gasteiger partial charge on any atom is 0.389 e. The van der Waals surface area contributed by atoms with Gasteiger partial charge in [0.25, 0.3) is 0 Å².